The van der Waals surface area contributed by atoms with Crippen LogP contribution in [-0.2, 0) is 29.6 Å². The van der Waals surface area contributed by atoms with E-state index in [0.717, 1.165) is 39.0 Å². The van der Waals surface area contributed by atoms with Crippen LogP contribution in [0.25, 0.3) is 0 Å². The number of β-lactam (4-membered cyclic amide) rings is 1. The summed E-state index contributed by atoms with van der Waals surface area (Å²) in [7, 11) is 0. The fourth-order valence-corrected chi connectivity index (χ4v) is 9.11. The standard InChI is InChI=1S/C42H33FN6O7S2/c43-30-21-29(50)16-17-32(30)48-19-18-24(37(48)52)20-25-22-57-39-34(38(53)49(39)35(25)40(54)55)46-36(51)33(31-23-58-41(44)45-31)47-56-42(26-10-4-1-5-11-26,27-12-6-2-7-13-27)28-14-8-3-9-15-28/h1-17,20-21,23,34,39,50H,18-19,22H2,(H2,44,45)(H,46,51)(H,54,55)/t34-,39-/m1/s1. The minimum absolute atomic E-state index is 0.0206. The number of phenolic OH excluding ortho intramolecular Hbond substituents is 1. The summed E-state index contributed by atoms with van der Waals surface area (Å²) in [6, 6.07) is 30.5. The molecular weight excluding hydrogens is 784 g/mol. The second-order valence-electron chi connectivity index (χ2n) is 13.4. The van der Waals surface area contributed by atoms with Crippen molar-refractivity contribution in [3.63, 3.8) is 0 Å². The number of allylic oxidation sites excluding steroid dienone is 1. The molecule has 0 saturated carbocycles. The molecule has 3 aliphatic rings. The molecule has 0 bridgehead atoms. The smallest absolute Gasteiger partial charge is 0.352 e. The van der Waals surface area contributed by atoms with Crippen molar-refractivity contribution in [3.05, 3.63) is 166 Å². The molecule has 13 nitrogen and oxygen atoms in total. The van der Waals surface area contributed by atoms with Crippen molar-refractivity contribution in [2.75, 3.05) is 22.9 Å². The van der Waals surface area contributed by atoms with Crippen molar-refractivity contribution < 1.29 is 38.6 Å². The third-order valence-electron chi connectivity index (χ3n) is 9.98. The second kappa shape index (κ2) is 15.6. The normalized spacial score (nSPS) is 18.9. The number of aromatic hydroxyl groups is 1. The summed E-state index contributed by atoms with van der Waals surface area (Å²) in [5.41, 5.74) is 6.75. The molecule has 2 fully saturated rings. The molecule has 16 heteroatoms. The molecule has 4 heterocycles. The Morgan fingerprint density at radius 2 is 1.59 bits per heavy atom. The fourth-order valence-electron chi connectivity index (χ4n) is 7.26. The quantitative estimate of drug-likeness (QED) is 0.0443. The topological polar surface area (TPSA) is 188 Å². The highest BCUT2D eigenvalue weighted by Gasteiger charge is 2.54. The maximum absolute atomic E-state index is 14.6. The highest BCUT2D eigenvalue weighted by molar-refractivity contribution is 8.00. The third kappa shape index (κ3) is 6.85. The molecule has 0 aliphatic carbocycles. The molecule has 2 saturated heterocycles. The van der Waals surface area contributed by atoms with Crippen LogP contribution >= 0.6 is 23.1 Å². The number of carbonyl (C=O) groups excluding carboxylic acids is 3. The Morgan fingerprint density at radius 3 is 2.14 bits per heavy atom. The van der Waals surface area contributed by atoms with Gasteiger partial charge in [-0.15, -0.1) is 23.1 Å². The Morgan fingerprint density at radius 1 is 0.966 bits per heavy atom. The molecule has 0 unspecified atom stereocenters. The molecule has 3 aliphatic heterocycles. The van der Waals surface area contributed by atoms with E-state index in [1.165, 1.54) is 34.9 Å². The number of anilines is 2. The summed E-state index contributed by atoms with van der Waals surface area (Å²) in [4.78, 5) is 67.2. The van der Waals surface area contributed by atoms with Crippen molar-refractivity contribution in [2.45, 2.75) is 23.4 Å². The van der Waals surface area contributed by atoms with Crippen LogP contribution in [0.1, 0.15) is 28.8 Å². The fraction of sp³-hybridized carbons (Fsp3) is 0.143. The zero-order chi connectivity index (χ0) is 40.6. The average Bonchev–Trinajstić information content (AvgIpc) is 3.83. The largest absolute Gasteiger partial charge is 0.508 e. The van der Waals surface area contributed by atoms with Gasteiger partial charge >= 0.3 is 5.97 Å². The van der Waals surface area contributed by atoms with E-state index < -0.39 is 46.5 Å². The van der Waals surface area contributed by atoms with E-state index in [0.29, 0.717) is 0 Å². The first-order valence-electron chi connectivity index (χ1n) is 17.9. The number of carbonyl (C=O) groups is 4. The van der Waals surface area contributed by atoms with Crippen molar-refractivity contribution >= 4 is 63.3 Å². The predicted octanol–water partition coefficient (Wildman–Crippen LogP) is 5.38. The molecule has 0 spiro atoms. The number of phenols is 1. The van der Waals surface area contributed by atoms with E-state index in [9.17, 15) is 33.8 Å². The van der Waals surface area contributed by atoms with E-state index in [-0.39, 0.29) is 63.5 Å². The van der Waals surface area contributed by atoms with Gasteiger partial charge in [0.15, 0.2) is 16.7 Å². The number of halogens is 1. The van der Waals surface area contributed by atoms with Gasteiger partial charge in [0, 0.05) is 46.0 Å². The molecule has 0 radical (unpaired) electrons. The molecule has 5 aromatic rings. The highest BCUT2D eigenvalue weighted by atomic mass is 32.2. The first kappa shape index (κ1) is 38.1. The van der Waals surface area contributed by atoms with Crippen molar-refractivity contribution in [1.29, 1.82) is 0 Å². The lowest BCUT2D eigenvalue weighted by Crippen LogP contribution is -2.71. The summed E-state index contributed by atoms with van der Waals surface area (Å²) < 4.78 is 14.6. The SMILES string of the molecule is Nc1nc(C(=NOC(c2ccccc2)(c2ccccc2)c2ccccc2)C(=O)N[C@@H]2C(=O)N3C(C(=O)O)=C(C=C4CCN(c5ccc(O)cc5F)C4=O)CS[C@H]23)cs1. The lowest BCUT2D eigenvalue weighted by atomic mass is 9.80. The van der Waals surface area contributed by atoms with E-state index in [1.54, 1.807) is 5.38 Å². The molecular formula is C42H33FN6O7S2. The van der Waals surface area contributed by atoms with Crippen LogP contribution in [0.3, 0.4) is 0 Å². The van der Waals surface area contributed by atoms with Gasteiger partial charge in [-0.2, -0.15) is 0 Å². The van der Waals surface area contributed by atoms with Gasteiger partial charge < -0.3 is 31.0 Å². The number of carboxylic acids is 1. The monoisotopic (exact) mass is 816 g/mol. The number of carboxylic acid groups (broad SMARTS) is 1. The van der Waals surface area contributed by atoms with Gasteiger partial charge in [0.25, 0.3) is 17.7 Å². The number of rotatable bonds is 11. The number of benzene rings is 4. The minimum atomic E-state index is -1.39. The molecule has 5 N–H and O–H groups in total. The molecule has 292 valence electrons. The molecule has 1 aromatic heterocycles. The number of nitrogen functional groups attached to an aromatic ring is 1. The van der Waals surface area contributed by atoms with Gasteiger partial charge in [-0.25, -0.2) is 14.2 Å². The van der Waals surface area contributed by atoms with Gasteiger partial charge in [0.2, 0.25) is 5.60 Å². The highest BCUT2D eigenvalue weighted by Crippen LogP contribution is 2.43. The molecule has 4 aromatic carbocycles. The van der Waals surface area contributed by atoms with Crippen molar-refractivity contribution in [3.8, 4) is 5.75 Å². The number of nitrogens with one attached hydrogen (secondary N) is 1. The van der Waals surface area contributed by atoms with Crippen LogP contribution < -0.4 is 16.0 Å². The van der Waals surface area contributed by atoms with Crippen molar-refractivity contribution in [1.82, 2.24) is 15.2 Å². The first-order valence-corrected chi connectivity index (χ1v) is 19.9. The number of aromatic nitrogens is 1. The molecule has 2 atom stereocenters. The zero-order valence-corrected chi connectivity index (χ0v) is 32.0. The minimum Gasteiger partial charge on any atom is -0.508 e. The number of amides is 3. The number of thiazole rings is 1. The van der Waals surface area contributed by atoms with Gasteiger partial charge in [-0.05, 0) is 30.2 Å². The van der Waals surface area contributed by atoms with Gasteiger partial charge in [-0.3, -0.25) is 19.3 Å². The zero-order valence-electron chi connectivity index (χ0n) is 30.3. The van der Waals surface area contributed by atoms with Crippen LogP contribution in [0.2, 0.25) is 0 Å². The first-order chi connectivity index (χ1) is 28.1. The Kier molecular flexibility index (Phi) is 10.3. The number of aliphatic carboxylic acids is 1. The van der Waals surface area contributed by atoms with Crippen LogP contribution in [-0.4, -0.2) is 73.2 Å². The number of hydrogen-bond donors (Lipinski definition) is 4. The molecule has 3 amide bonds. The van der Waals surface area contributed by atoms with E-state index in [1.807, 2.05) is 91.0 Å². The van der Waals surface area contributed by atoms with Gasteiger partial charge in [0.1, 0.15) is 28.6 Å². The Hall–Kier alpha value is -6.78. The van der Waals surface area contributed by atoms with Crippen molar-refractivity contribution in [2.24, 2.45) is 5.16 Å². The lowest BCUT2D eigenvalue weighted by Gasteiger charge is -2.49. The van der Waals surface area contributed by atoms with E-state index >= 15 is 0 Å². The summed E-state index contributed by atoms with van der Waals surface area (Å²) in [5.74, 6) is -4.39. The average molecular weight is 817 g/mol. The van der Waals surface area contributed by atoms with E-state index in [2.05, 4.69) is 15.5 Å². The number of thioether (sulfide) groups is 1. The number of oxime groups is 1. The third-order valence-corrected chi connectivity index (χ3v) is 12.0. The number of fused-ring (bicyclic) bond motifs is 1. The Bertz CT molecular complexity index is 2430. The summed E-state index contributed by atoms with van der Waals surface area (Å²) >= 11 is 2.30. The maximum atomic E-state index is 14.6. The van der Waals surface area contributed by atoms with Gasteiger partial charge in [0.05, 0.1) is 5.69 Å². The van der Waals surface area contributed by atoms with E-state index in [4.69, 9.17) is 10.6 Å². The van der Waals surface area contributed by atoms with Gasteiger partial charge in [-0.1, -0.05) is 96.2 Å². The molecule has 58 heavy (non-hydrogen) atoms. The Balaban J connectivity index is 1.09. The Labute approximate surface area is 338 Å². The van der Waals surface area contributed by atoms with Crippen LogP contribution in [0.4, 0.5) is 15.2 Å². The maximum Gasteiger partial charge on any atom is 0.352 e. The van der Waals surface area contributed by atoms with Crippen LogP contribution in [0.15, 0.2) is 143 Å². The molecule has 8 rings (SSSR count). The van der Waals surface area contributed by atoms with Crippen LogP contribution in [0, 0.1) is 5.82 Å². The summed E-state index contributed by atoms with van der Waals surface area (Å²) in [5, 5.41) is 28.0. The lowest BCUT2D eigenvalue weighted by molar-refractivity contribution is -0.150. The number of nitrogens with zero attached hydrogens (tertiary/aromatic N) is 4. The number of hydrogen-bond acceptors (Lipinski definition) is 11. The number of nitrogens with two attached hydrogens (primary N) is 1. The predicted molar refractivity (Wildman–Crippen MR) is 216 cm³/mol. The summed E-state index contributed by atoms with van der Waals surface area (Å²) in [6.07, 6.45) is 1.63. The van der Waals surface area contributed by atoms with Crippen LogP contribution in [0.5, 0.6) is 5.75 Å². The summed E-state index contributed by atoms with van der Waals surface area (Å²) in [6.45, 7) is 0.135. The second-order valence-corrected chi connectivity index (χ2v) is 15.4.